The minimum absolute atomic E-state index is 0.162. The van der Waals surface area contributed by atoms with Gasteiger partial charge in [-0.2, -0.15) is 30.7 Å². The number of halogens is 10. The van der Waals surface area contributed by atoms with E-state index < -0.39 is 35.0 Å². The number of nitrogens with zero attached hydrogens (tertiary/aromatic N) is 2. The Morgan fingerprint density at radius 2 is 1.32 bits per heavy atom. The highest BCUT2D eigenvalue weighted by Gasteiger charge is 2.74. The minimum Gasteiger partial charge on any atom is -0.294 e. The molecular formula is C14H6Cl3F7N2O2. The Labute approximate surface area is 165 Å². The molecule has 2 rings (SSSR count). The van der Waals surface area contributed by atoms with Crippen LogP contribution in [0.1, 0.15) is 5.69 Å². The molecule has 1 aromatic carbocycles. The van der Waals surface area contributed by atoms with Gasteiger partial charge in [0, 0.05) is 13.1 Å². The van der Waals surface area contributed by atoms with E-state index in [-0.39, 0.29) is 36.0 Å². The molecule has 0 radical (unpaired) electrons. The van der Waals surface area contributed by atoms with E-state index in [0.717, 1.165) is 12.1 Å². The summed E-state index contributed by atoms with van der Waals surface area (Å²) in [5, 5.41) is -0.641. The van der Waals surface area contributed by atoms with Crippen molar-refractivity contribution in [2.45, 2.75) is 18.0 Å². The highest BCUT2D eigenvalue weighted by molar-refractivity contribution is 6.48. The summed E-state index contributed by atoms with van der Waals surface area (Å²) >= 11 is 17.2. The van der Waals surface area contributed by atoms with Crippen molar-refractivity contribution in [2.75, 3.05) is 0 Å². The first-order chi connectivity index (χ1) is 12.5. The fourth-order valence-electron chi connectivity index (χ4n) is 2.17. The lowest BCUT2D eigenvalue weighted by Crippen LogP contribution is -2.53. The van der Waals surface area contributed by atoms with E-state index >= 15 is 0 Å². The fraction of sp³-hybridized carbons (Fsp3) is 0.286. The van der Waals surface area contributed by atoms with Gasteiger partial charge in [0.15, 0.2) is 0 Å². The van der Waals surface area contributed by atoms with Gasteiger partial charge in [0.1, 0.15) is 5.69 Å². The van der Waals surface area contributed by atoms with Crippen LogP contribution in [0.25, 0.3) is 5.69 Å². The summed E-state index contributed by atoms with van der Waals surface area (Å²) in [6.45, 7) is 0. The Bertz CT molecular complexity index is 1040. The number of hydrogen-bond donors (Lipinski definition) is 0. The van der Waals surface area contributed by atoms with Crippen molar-refractivity contribution in [1.82, 2.24) is 9.13 Å². The lowest BCUT2D eigenvalue weighted by atomic mass is 10.1. The molecule has 1 aromatic heterocycles. The third kappa shape index (κ3) is 3.39. The van der Waals surface area contributed by atoms with Crippen molar-refractivity contribution in [1.29, 1.82) is 0 Å². The fourth-order valence-corrected chi connectivity index (χ4v) is 2.76. The second-order valence-electron chi connectivity index (χ2n) is 5.41. The average molecular weight is 474 g/mol. The summed E-state index contributed by atoms with van der Waals surface area (Å²) in [4.78, 5) is 24.4. The average Bonchev–Trinajstić information content (AvgIpc) is 2.54. The van der Waals surface area contributed by atoms with Gasteiger partial charge in [-0.05, 0) is 12.1 Å². The van der Waals surface area contributed by atoms with Crippen LogP contribution < -0.4 is 11.2 Å². The van der Waals surface area contributed by atoms with Crippen LogP contribution in [0.4, 0.5) is 30.7 Å². The van der Waals surface area contributed by atoms with Crippen LogP contribution in [0.15, 0.2) is 27.8 Å². The van der Waals surface area contributed by atoms with Gasteiger partial charge in [-0.3, -0.25) is 9.36 Å². The highest BCUT2D eigenvalue weighted by Crippen LogP contribution is 2.51. The zero-order valence-electron chi connectivity index (χ0n) is 13.2. The normalized spacial score (nSPS) is 13.1. The van der Waals surface area contributed by atoms with Gasteiger partial charge in [0.2, 0.25) is 0 Å². The maximum absolute atomic E-state index is 13.9. The van der Waals surface area contributed by atoms with Gasteiger partial charge in [0.25, 0.3) is 5.56 Å². The molecule has 0 saturated carbocycles. The van der Waals surface area contributed by atoms with Crippen LogP contribution in [-0.2, 0) is 13.0 Å². The molecule has 0 fully saturated rings. The zero-order chi connectivity index (χ0) is 21.8. The van der Waals surface area contributed by atoms with Gasteiger partial charge in [-0.25, -0.2) is 9.36 Å². The van der Waals surface area contributed by atoms with E-state index in [2.05, 4.69) is 0 Å². The van der Waals surface area contributed by atoms with E-state index in [0.29, 0.717) is 7.05 Å². The summed E-state index contributed by atoms with van der Waals surface area (Å²) in [7, 11) is 0.493. The van der Waals surface area contributed by atoms with Crippen LogP contribution >= 0.6 is 34.8 Å². The van der Waals surface area contributed by atoms with Crippen molar-refractivity contribution in [3.8, 4) is 5.69 Å². The van der Waals surface area contributed by atoms with Gasteiger partial charge in [-0.15, -0.1) is 0 Å². The molecule has 4 nitrogen and oxygen atoms in total. The monoisotopic (exact) mass is 472 g/mol. The Morgan fingerprint density at radius 1 is 0.857 bits per heavy atom. The first kappa shape index (κ1) is 22.6. The molecular weight excluding hydrogens is 468 g/mol. The first-order valence-corrected chi connectivity index (χ1v) is 7.98. The number of aromatic nitrogens is 2. The summed E-state index contributed by atoms with van der Waals surface area (Å²) < 4.78 is 91.5. The molecule has 0 N–H and O–H groups in total. The van der Waals surface area contributed by atoms with E-state index in [9.17, 15) is 40.3 Å². The molecule has 0 unspecified atom stereocenters. The highest BCUT2D eigenvalue weighted by atomic mass is 35.5. The second-order valence-corrected chi connectivity index (χ2v) is 6.61. The zero-order valence-corrected chi connectivity index (χ0v) is 15.5. The van der Waals surface area contributed by atoms with E-state index in [1.165, 1.54) is 0 Å². The first-order valence-electron chi connectivity index (χ1n) is 6.85. The topological polar surface area (TPSA) is 44.0 Å². The molecule has 0 aliphatic rings. The maximum Gasteiger partial charge on any atom is 0.460 e. The number of alkyl halides is 7. The quantitative estimate of drug-likeness (QED) is 0.476. The lowest BCUT2D eigenvalue weighted by Gasteiger charge is -2.29. The van der Waals surface area contributed by atoms with Crippen LogP contribution in [0.5, 0.6) is 0 Å². The smallest absolute Gasteiger partial charge is 0.294 e. The lowest BCUT2D eigenvalue weighted by molar-refractivity contribution is -0.361. The summed E-state index contributed by atoms with van der Waals surface area (Å²) in [6.07, 6.45) is -6.64. The number of benzene rings is 1. The van der Waals surface area contributed by atoms with Gasteiger partial charge in [0.05, 0.1) is 20.8 Å². The molecule has 0 amide bonds. The molecule has 0 atom stereocenters. The summed E-state index contributed by atoms with van der Waals surface area (Å²) in [5.41, 5.74) is -5.77. The number of rotatable bonds is 3. The van der Waals surface area contributed by atoms with Gasteiger partial charge in [-0.1, -0.05) is 34.8 Å². The van der Waals surface area contributed by atoms with Crippen molar-refractivity contribution in [3.05, 3.63) is 59.8 Å². The Morgan fingerprint density at radius 3 is 1.75 bits per heavy atom. The van der Waals surface area contributed by atoms with Crippen molar-refractivity contribution in [2.24, 2.45) is 7.05 Å². The standard InChI is InChI=1S/C14H6Cl3F7N2O2/c1-25-8(12(18,19)13(20,21)14(22,23)24)4-9(27)26(11(25)28)5-2-6(15)10(17)7(16)3-5/h2-4H,1H3. The van der Waals surface area contributed by atoms with Crippen LogP contribution in [0.3, 0.4) is 0 Å². The predicted octanol–water partition coefficient (Wildman–Crippen LogP) is 4.79. The van der Waals surface area contributed by atoms with Crippen LogP contribution in [-0.4, -0.2) is 21.2 Å². The molecule has 14 heteroatoms. The summed E-state index contributed by atoms with van der Waals surface area (Å²) in [6, 6.07) is 1.68. The molecule has 1 heterocycles. The Hall–Kier alpha value is -1.72. The molecule has 2 aromatic rings. The second kappa shape index (κ2) is 6.96. The number of hydrogen-bond acceptors (Lipinski definition) is 2. The van der Waals surface area contributed by atoms with Crippen molar-refractivity contribution < 1.29 is 30.7 Å². The minimum atomic E-state index is -6.64. The van der Waals surface area contributed by atoms with Crippen molar-refractivity contribution >= 4 is 34.8 Å². The van der Waals surface area contributed by atoms with Gasteiger partial charge < -0.3 is 0 Å². The van der Waals surface area contributed by atoms with Crippen molar-refractivity contribution in [3.63, 3.8) is 0 Å². The third-order valence-electron chi connectivity index (χ3n) is 3.62. The molecule has 28 heavy (non-hydrogen) atoms. The third-order valence-corrected chi connectivity index (χ3v) is 4.82. The molecule has 0 aliphatic heterocycles. The molecule has 154 valence electrons. The molecule has 0 spiro atoms. The predicted molar refractivity (Wildman–Crippen MR) is 87.2 cm³/mol. The van der Waals surface area contributed by atoms with E-state index in [1.54, 1.807) is 0 Å². The Kier molecular flexibility index (Phi) is 5.61. The van der Waals surface area contributed by atoms with Crippen LogP contribution in [0, 0.1) is 0 Å². The Balaban J connectivity index is 2.80. The van der Waals surface area contributed by atoms with Crippen LogP contribution in [0.2, 0.25) is 15.1 Å². The summed E-state index contributed by atoms with van der Waals surface area (Å²) in [5.74, 6) is -12.5. The van der Waals surface area contributed by atoms with Gasteiger partial charge >= 0.3 is 23.7 Å². The SMILES string of the molecule is Cn1c(C(F)(F)C(F)(F)C(F)(F)F)cc(=O)n(-c2cc(Cl)c(Cl)c(Cl)c2)c1=O. The largest absolute Gasteiger partial charge is 0.460 e. The van der Waals surface area contributed by atoms with E-state index in [4.69, 9.17) is 34.8 Å². The molecule has 0 saturated heterocycles. The molecule has 0 aliphatic carbocycles. The molecule has 0 bridgehead atoms. The van der Waals surface area contributed by atoms with E-state index in [1.807, 2.05) is 0 Å². The maximum atomic E-state index is 13.9.